The molecule has 0 bridgehead atoms. The lowest BCUT2D eigenvalue weighted by molar-refractivity contribution is 0.0946. The number of nitrogens with two attached hydrogens (primary N) is 1. The number of ether oxygens (including phenoxy) is 1. The zero-order valence-electron chi connectivity index (χ0n) is 12.4. The first-order chi connectivity index (χ1) is 10.2. The van der Waals surface area contributed by atoms with E-state index in [0.717, 1.165) is 16.1 Å². The first-order valence-electron chi connectivity index (χ1n) is 6.72. The number of amides is 1. The van der Waals surface area contributed by atoms with Crippen molar-refractivity contribution >= 4 is 29.7 Å². The van der Waals surface area contributed by atoms with Crippen molar-refractivity contribution in [2.24, 2.45) is 5.73 Å². The van der Waals surface area contributed by atoms with Crippen LogP contribution in [0.25, 0.3) is 0 Å². The molecule has 0 saturated heterocycles. The molecule has 0 aliphatic rings. The SMILES string of the molecule is COCc1ccc(CNC(=O)c2csc(CCN)n2)cc1.Cl. The molecule has 0 saturated carbocycles. The topological polar surface area (TPSA) is 77.2 Å². The Morgan fingerprint density at radius 3 is 2.64 bits per heavy atom. The highest BCUT2D eigenvalue weighted by atomic mass is 35.5. The minimum absolute atomic E-state index is 0. The summed E-state index contributed by atoms with van der Waals surface area (Å²) in [7, 11) is 1.67. The van der Waals surface area contributed by atoms with Crippen LogP contribution in [0.3, 0.4) is 0 Å². The van der Waals surface area contributed by atoms with Gasteiger partial charge in [-0.15, -0.1) is 23.7 Å². The molecule has 0 fully saturated rings. The van der Waals surface area contributed by atoms with E-state index in [1.54, 1.807) is 12.5 Å². The summed E-state index contributed by atoms with van der Waals surface area (Å²) >= 11 is 1.47. The van der Waals surface area contributed by atoms with E-state index in [-0.39, 0.29) is 18.3 Å². The molecule has 0 spiro atoms. The van der Waals surface area contributed by atoms with Gasteiger partial charge in [-0.05, 0) is 17.7 Å². The quantitative estimate of drug-likeness (QED) is 0.809. The third kappa shape index (κ3) is 5.38. The van der Waals surface area contributed by atoms with Crippen molar-refractivity contribution in [2.75, 3.05) is 13.7 Å². The highest BCUT2D eigenvalue weighted by molar-refractivity contribution is 7.09. The number of carbonyl (C=O) groups is 1. The molecule has 2 aromatic rings. The van der Waals surface area contributed by atoms with Crippen molar-refractivity contribution in [3.63, 3.8) is 0 Å². The first-order valence-corrected chi connectivity index (χ1v) is 7.60. The van der Waals surface area contributed by atoms with Crippen LogP contribution in [0, 0.1) is 0 Å². The van der Waals surface area contributed by atoms with E-state index in [1.807, 2.05) is 24.3 Å². The molecule has 120 valence electrons. The maximum Gasteiger partial charge on any atom is 0.271 e. The van der Waals surface area contributed by atoms with E-state index in [4.69, 9.17) is 10.5 Å². The monoisotopic (exact) mass is 341 g/mol. The Labute approximate surface area is 140 Å². The Balaban J connectivity index is 0.00000242. The van der Waals surface area contributed by atoms with Crippen LogP contribution in [0.1, 0.15) is 26.6 Å². The minimum atomic E-state index is -0.157. The number of thiazole rings is 1. The number of rotatable bonds is 7. The summed E-state index contributed by atoms with van der Waals surface area (Å²) in [6.45, 7) is 1.62. The molecule has 1 aromatic carbocycles. The lowest BCUT2D eigenvalue weighted by atomic mass is 10.1. The van der Waals surface area contributed by atoms with Gasteiger partial charge in [-0.3, -0.25) is 4.79 Å². The Kier molecular flexibility index (Phi) is 8.05. The average Bonchev–Trinajstić information content (AvgIpc) is 2.96. The minimum Gasteiger partial charge on any atom is -0.380 e. The van der Waals surface area contributed by atoms with Gasteiger partial charge in [-0.25, -0.2) is 4.98 Å². The second-order valence-electron chi connectivity index (χ2n) is 4.60. The molecule has 0 atom stereocenters. The summed E-state index contributed by atoms with van der Waals surface area (Å²) in [5.74, 6) is -0.157. The fourth-order valence-electron chi connectivity index (χ4n) is 1.85. The zero-order valence-corrected chi connectivity index (χ0v) is 14.0. The Hall–Kier alpha value is -1.47. The lowest BCUT2D eigenvalue weighted by Gasteiger charge is -2.05. The summed E-state index contributed by atoms with van der Waals surface area (Å²) in [6, 6.07) is 7.95. The summed E-state index contributed by atoms with van der Waals surface area (Å²) in [4.78, 5) is 16.2. The van der Waals surface area contributed by atoms with E-state index in [0.29, 0.717) is 31.8 Å². The van der Waals surface area contributed by atoms with Crippen LogP contribution in [-0.4, -0.2) is 24.5 Å². The normalized spacial score (nSPS) is 10.1. The Morgan fingerprint density at radius 1 is 1.32 bits per heavy atom. The third-order valence-electron chi connectivity index (χ3n) is 2.93. The molecule has 0 aliphatic heterocycles. The van der Waals surface area contributed by atoms with E-state index in [1.165, 1.54) is 11.3 Å². The number of hydrogen-bond acceptors (Lipinski definition) is 5. The molecule has 2 rings (SSSR count). The van der Waals surface area contributed by atoms with Gasteiger partial charge in [0.2, 0.25) is 0 Å². The van der Waals surface area contributed by atoms with Gasteiger partial charge >= 0.3 is 0 Å². The van der Waals surface area contributed by atoms with E-state index in [2.05, 4.69) is 10.3 Å². The number of carbonyl (C=O) groups excluding carboxylic acids is 1. The Bertz CT molecular complexity index is 587. The summed E-state index contributed by atoms with van der Waals surface area (Å²) < 4.78 is 5.06. The van der Waals surface area contributed by atoms with Crippen molar-refractivity contribution in [3.05, 3.63) is 51.5 Å². The van der Waals surface area contributed by atoms with Gasteiger partial charge in [0.15, 0.2) is 0 Å². The highest BCUT2D eigenvalue weighted by Gasteiger charge is 2.10. The van der Waals surface area contributed by atoms with Crippen LogP contribution in [0.2, 0.25) is 0 Å². The number of aromatic nitrogens is 1. The molecular weight excluding hydrogens is 322 g/mol. The van der Waals surface area contributed by atoms with Crippen LogP contribution in [0.4, 0.5) is 0 Å². The van der Waals surface area contributed by atoms with Crippen molar-refractivity contribution in [2.45, 2.75) is 19.6 Å². The second kappa shape index (κ2) is 9.53. The molecule has 0 unspecified atom stereocenters. The van der Waals surface area contributed by atoms with Crippen molar-refractivity contribution in [3.8, 4) is 0 Å². The van der Waals surface area contributed by atoms with Crippen LogP contribution < -0.4 is 11.1 Å². The fourth-order valence-corrected chi connectivity index (χ4v) is 2.64. The maximum atomic E-state index is 12.0. The molecule has 0 radical (unpaired) electrons. The van der Waals surface area contributed by atoms with Gasteiger partial charge in [0.25, 0.3) is 5.91 Å². The van der Waals surface area contributed by atoms with Gasteiger partial charge in [-0.1, -0.05) is 24.3 Å². The molecular formula is C15H20ClN3O2S. The van der Waals surface area contributed by atoms with Crippen LogP contribution >= 0.6 is 23.7 Å². The van der Waals surface area contributed by atoms with E-state index in [9.17, 15) is 4.79 Å². The zero-order chi connectivity index (χ0) is 15.1. The predicted molar refractivity (Wildman–Crippen MR) is 90.4 cm³/mol. The van der Waals surface area contributed by atoms with Gasteiger partial charge < -0.3 is 15.8 Å². The number of hydrogen-bond donors (Lipinski definition) is 2. The molecule has 1 heterocycles. The number of nitrogens with zero attached hydrogens (tertiary/aromatic N) is 1. The van der Waals surface area contributed by atoms with Crippen molar-refractivity contribution in [1.82, 2.24) is 10.3 Å². The van der Waals surface area contributed by atoms with Crippen LogP contribution in [0.15, 0.2) is 29.6 Å². The van der Waals surface area contributed by atoms with Crippen LogP contribution in [0.5, 0.6) is 0 Å². The highest BCUT2D eigenvalue weighted by Crippen LogP contribution is 2.10. The lowest BCUT2D eigenvalue weighted by Crippen LogP contribution is -2.23. The maximum absolute atomic E-state index is 12.0. The van der Waals surface area contributed by atoms with Gasteiger partial charge in [0.05, 0.1) is 11.6 Å². The van der Waals surface area contributed by atoms with Crippen molar-refractivity contribution in [1.29, 1.82) is 0 Å². The average molecular weight is 342 g/mol. The molecule has 0 aliphatic carbocycles. The summed E-state index contributed by atoms with van der Waals surface area (Å²) in [6.07, 6.45) is 0.707. The molecule has 22 heavy (non-hydrogen) atoms. The van der Waals surface area contributed by atoms with Crippen LogP contribution in [-0.2, 0) is 24.3 Å². The smallest absolute Gasteiger partial charge is 0.271 e. The molecule has 1 amide bonds. The molecule has 7 heteroatoms. The second-order valence-corrected chi connectivity index (χ2v) is 5.54. The third-order valence-corrected chi connectivity index (χ3v) is 3.84. The number of methoxy groups -OCH3 is 1. The first kappa shape index (κ1) is 18.6. The largest absolute Gasteiger partial charge is 0.380 e. The molecule has 5 nitrogen and oxygen atoms in total. The van der Waals surface area contributed by atoms with Crippen molar-refractivity contribution < 1.29 is 9.53 Å². The summed E-state index contributed by atoms with van der Waals surface area (Å²) in [5.41, 5.74) is 8.08. The fraction of sp³-hybridized carbons (Fsp3) is 0.333. The standard InChI is InChI=1S/C15H19N3O2S.ClH/c1-20-9-12-4-2-11(3-5-12)8-17-15(19)13-10-21-14(18-13)6-7-16;/h2-5,10H,6-9,16H2,1H3,(H,17,19);1H. The molecule has 3 N–H and O–H groups in total. The Morgan fingerprint density at radius 2 is 2.00 bits per heavy atom. The number of halogens is 1. The van der Waals surface area contributed by atoms with E-state index >= 15 is 0 Å². The van der Waals surface area contributed by atoms with E-state index < -0.39 is 0 Å². The van der Waals surface area contributed by atoms with Gasteiger partial charge in [0, 0.05) is 25.5 Å². The summed E-state index contributed by atoms with van der Waals surface area (Å²) in [5, 5.41) is 5.53. The van der Waals surface area contributed by atoms with Gasteiger partial charge in [0.1, 0.15) is 5.69 Å². The predicted octanol–water partition coefficient (Wildman–Crippen LogP) is 2.14. The molecule has 1 aromatic heterocycles. The number of benzene rings is 1. The number of nitrogens with one attached hydrogen (secondary N) is 1. The van der Waals surface area contributed by atoms with Gasteiger partial charge in [-0.2, -0.15) is 0 Å².